The number of halogens is 1. The van der Waals surface area contributed by atoms with E-state index in [1.54, 1.807) is 13.3 Å². The van der Waals surface area contributed by atoms with E-state index < -0.39 is 0 Å². The number of methoxy groups -OCH3 is 1. The van der Waals surface area contributed by atoms with Gasteiger partial charge in [-0.2, -0.15) is 0 Å². The van der Waals surface area contributed by atoms with Crippen LogP contribution in [0.4, 0.5) is 5.82 Å². The largest absolute Gasteiger partial charge is 0.497 e. The van der Waals surface area contributed by atoms with Crippen molar-refractivity contribution in [3.63, 3.8) is 0 Å². The molecule has 0 atom stereocenters. The number of hydrogen-bond donors (Lipinski definition) is 1. The summed E-state index contributed by atoms with van der Waals surface area (Å²) in [6.07, 6.45) is 1.64. The molecule has 1 aromatic carbocycles. The van der Waals surface area contributed by atoms with Crippen molar-refractivity contribution in [3.05, 3.63) is 34.9 Å². The third-order valence-corrected chi connectivity index (χ3v) is 2.73. The average molecular weight is 280 g/mol. The molecule has 0 saturated heterocycles. The van der Waals surface area contributed by atoms with Crippen LogP contribution >= 0.6 is 15.9 Å². The van der Waals surface area contributed by atoms with Crippen molar-refractivity contribution in [2.45, 2.75) is 0 Å². The Morgan fingerprint density at radius 1 is 1.25 bits per heavy atom. The van der Waals surface area contributed by atoms with Crippen LogP contribution in [-0.4, -0.2) is 17.1 Å². The lowest BCUT2D eigenvalue weighted by Gasteiger charge is -2.03. The number of rotatable bonds is 2. The van der Waals surface area contributed by atoms with Crippen molar-refractivity contribution in [1.29, 1.82) is 0 Å². The minimum Gasteiger partial charge on any atom is -0.497 e. The summed E-state index contributed by atoms with van der Waals surface area (Å²) in [4.78, 5) is 8.36. The molecule has 2 rings (SSSR count). The lowest BCUT2D eigenvalue weighted by atomic mass is 10.2. The summed E-state index contributed by atoms with van der Waals surface area (Å²) in [6.45, 7) is 0. The van der Waals surface area contributed by atoms with E-state index in [-0.39, 0.29) is 0 Å². The predicted octanol–water partition coefficient (Wildman–Crippen LogP) is 2.50. The Morgan fingerprint density at radius 3 is 2.50 bits per heavy atom. The van der Waals surface area contributed by atoms with E-state index in [2.05, 4.69) is 25.9 Å². The van der Waals surface area contributed by atoms with Crippen molar-refractivity contribution < 1.29 is 4.74 Å². The second kappa shape index (κ2) is 4.49. The van der Waals surface area contributed by atoms with E-state index in [0.717, 1.165) is 11.3 Å². The van der Waals surface area contributed by atoms with Crippen LogP contribution in [0.25, 0.3) is 11.4 Å². The fourth-order valence-corrected chi connectivity index (χ4v) is 1.45. The molecule has 0 radical (unpaired) electrons. The van der Waals surface area contributed by atoms with Crippen molar-refractivity contribution in [1.82, 2.24) is 9.97 Å². The fourth-order valence-electron chi connectivity index (χ4n) is 1.26. The second-order valence-corrected chi connectivity index (χ2v) is 4.01. The van der Waals surface area contributed by atoms with E-state index in [1.165, 1.54) is 0 Å². The van der Waals surface area contributed by atoms with Crippen LogP contribution < -0.4 is 10.5 Å². The molecular weight excluding hydrogens is 270 g/mol. The molecule has 0 amide bonds. The van der Waals surface area contributed by atoms with Gasteiger partial charge in [-0.15, -0.1) is 0 Å². The number of nitrogens with two attached hydrogens (primary N) is 1. The molecule has 0 spiro atoms. The predicted molar refractivity (Wildman–Crippen MR) is 66.1 cm³/mol. The molecule has 2 N–H and O–H groups in total. The fraction of sp³-hybridized carbons (Fsp3) is 0.0909. The van der Waals surface area contributed by atoms with Gasteiger partial charge in [-0.05, 0) is 40.2 Å². The van der Waals surface area contributed by atoms with Gasteiger partial charge in [0, 0.05) is 11.8 Å². The topological polar surface area (TPSA) is 61.0 Å². The summed E-state index contributed by atoms with van der Waals surface area (Å²) in [5.41, 5.74) is 6.59. The molecule has 1 aromatic heterocycles. The molecular formula is C11H10BrN3O. The highest BCUT2D eigenvalue weighted by Gasteiger charge is 2.04. The number of anilines is 1. The third kappa shape index (κ3) is 2.14. The maximum atomic E-state index is 5.69. The van der Waals surface area contributed by atoms with Crippen LogP contribution in [0.15, 0.2) is 34.9 Å². The first-order chi connectivity index (χ1) is 7.70. The first-order valence-corrected chi connectivity index (χ1v) is 5.42. The van der Waals surface area contributed by atoms with Crippen molar-refractivity contribution in [2.75, 3.05) is 12.8 Å². The van der Waals surface area contributed by atoms with E-state index in [9.17, 15) is 0 Å². The molecule has 0 bridgehead atoms. The van der Waals surface area contributed by atoms with E-state index in [0.29, 0.717) is 16.1 Å². The van der Waals surface area contributed by atoms with Gasteiger partial charge in [-0.25, -0.2) is 9.97 Å². The highest BCUT2D eigenvalue weighted by Crippen LogP contribution is 2.22. The first kappa shape index (κ1) is 10.9. The van der Waals surface area contributed by atoms with Gasteiger partial charge in [0.15, 0.2) is 5.82 Å². The summed E-state index contributed by atoms with van der Waals surface area (Å²) in [5, 5.41) is 0. The molecule has 0 fully saturated rings. The zero-order valence-corrected chi connectivity index (χ0v) is 10.2. The lowest BCUT2D eigenvalue weighted by molar-refractivity contribution is 0.415. The van der Waals surface area contributed by atoms with Gasteiger partial charge in [-0.3, -0.25) is 0 Å². The quantitative estimate of drug-likeness (QED) is 0.918. The number of hydrogen-bond acceptors (Lipinski definition) is 4. The maximum absolute atomic E-state index is 5.69. The van der Waals surface area contributed by atoms with Gasteiger partial charge in [0.05, 0.1) is 11.6 Å². The van der Waals surface area contributed by atoms with Crippen LogP contribution in [0.2, 0.25) is 0 Å². The number of aromatic nitrogens is 2. The molecule has 0 aliphatic carbocycles. The molecule has 0 aliphatic rings. The molecule has 82 valence electrons. The van der Waals surface area contributed by atoms with E-state index in [4.69, 9.17) is 10.5 Å². The third-order valence-electron chi connectivity index (χ3n) is 2.12. The number of nitrogens with zero attached hydrogens (tertiary/aromatic N) is 2. The molecule has 16 heavy (non-hydrogen) atoms. The molecule has 1 heterocycles. The van der Waals surface area contributed by atoms with Gasteiger partial charge >= 0.3 is 0 Å². The molecule has 4 nitrogen and oxygen atoms in total. The van der Waals surface area contributed by atoms with E-state index >= 15 is 0 Å². The lowest BCUT2D eigenvalue weighted by Crippen LogP contribution is -1.96. The van der Waals surface area contributed by atoms with Crippen LogP contribution in [0.1, 0.15) is 0 Å². The second-order valence-electron chi connectivity index (χ2n) is 3.16. The minimum atomic E-state index is 0.431. The van der Waals surface area contributed by atoms with Crippen molar-refractivity contribution in [3.8, 4) is 17.1 Å². The Morgan fingerprint density at radius 2 is 1.94 bits per heavy atom. The molecule has 0 unspecified atom stereocenters. The van der Waals surface area contributed by atoms with Crippen LogP contribution in [0.5, 0.6) is 5.75 Å². The summed E-state index contributed by atoms with van der Waals surface area (Å²) in [7, 11) is 1.63. The Kier molecular flexibility index (Phi) is 3.05. The van der Waals surface area contributed by atoms with Gasteiger partial charge < -0.3 is 10.5 Å². The standard InChI is InChI=1S/C11H10BrN3O/c1-16-8-4-2-7(3-5-8)11-14-6-9(12)10(13)15-11/h2-6H,1H3,(H2,13,14,15). The molecule has 2 aromatic rings. The van der Waals surface area contributed by atoms with Gasteiger partial charge in [0.25, 0.3) is 0 Å². The Labute approximate surface area is 102 Å². The minimum absolute atomic E-state index is 0.431. The van der Waals surface area contributed by atoms with Crippen molar-refractivity contribution in [2.24, 2.45) is 0 Å². The van der Waals surface area contributed by atoms with E-state index in [1.807, 2.05) is 24.3 Å². The Balaban J connectivity index is 2.38. The normalized spacial score (nSPS) is 10.1. The van der Waals surface area contributed by atoms with Crippen molar-refractivity contribution >= 4 is 21.7 Å². The molecule has 0 saturated carbocycles. The smallest absolute Gasteiger partial charge is 0.161 e. The Hall–Kier alpha value is -1.62. The van der Waals surface area contributed by atoms with Crippen LogP contribution in [0, 0.1) is 0 Å². The summed E-state index contributed by atoms with van der Waals surface area (Å²) in [5.74, 6) is 1.83. The zero-order chi connectivity index (χ0) is 11.5. The monoisotopic (exact) mass is 279 g/mol. The summed E-state index contributed by atoms with van der Waals surface area (Å²) < 4.78 is 5.77. The highest BCUT2D eigenvalue weighted by atomic mass is 79.9. The molecule has 0 aliphatic heterocycles. The van der Waals surface area contributed by atoms with Gasteiger partial charge in [0.2, 0.25) is 0 Å². The number of ether oxygens (including phenoxy) is 1. The number of nitrogen functional groups attached to an aromatic ring is 1. The summed E-state index contributed by atoms with van der Waals surface area (Å²) >= 11 is 3.25. The first-order valence-electron chi connectivity index (χ1n) is 4.63. The maximum Gasteiger partial charge on any atom is 0.161 e. The zero-order valence-electron chi connectivity index (χ0n) is 8.64. The average Bonchev–Trinajstić information content (AvgIpc) is 2.33. The highest BCUT2D eigenvalue weighted by molar-refractivity contribution is 9.10. The van der Waals surface area contributed by atoms with Gasteiger partial charge in [0.1, 0.15) is 11.6 Å². The van der Waals surface area contributed by atoms with Crippen LogP contribution in [0.3, 0.4) is 0 Å². The Bertz CT molecular complexity index is 499. The number of benzene rings is 1. The summed E-state index contributed by atoms with van der Waals surface area (Å²) in [6, 6.07) is 7.50. The SMILES string of the molecule is COc1ccc(-c2ncc(Br)c(N)n2)cc1. The van der Waals surface area contributed by atoms with Crippen LogP contribution in [-0.2, 0) is 0 Å². The van der Waals surface area contributed by atoms with Gasteiger partial charge in [-0.1, -0.05) is 0 Å². The molecule has 5 heteroatoms.